The number of carbonyl (C=O) groups excluding carboxylic acids is 2. The summed E-state index contributed by atoms with van der Waals surface area (Å²) < 4.78 is 1.69. The second kappa shape index (κ2) is 8.88. The lowest BCUT2D eigenvalue weighted by Gasteiger charge is -2.35. The third-order valence-electron chi connectivity index (χ3n) is 7.08. The zero-order valence-electron chi connectivity index (χ0n) is 18.3. The number of aromatic nitrogens is 3. The van der Waals surface area contributed by atoms with Gasteiger partial charge in [0.05, 0.1) is 0 Å². The predicted molar refractivity (Wildman–Crippen MR) is 120 cm³/mol. The Morgan fingerprint density at radius 3 is 2.31 bits per heavy atom. The van der Waals surface area contributed by atoms with Gasteiger partial charge >= 0.3 is 6.03 Å². The van der Waals surface area contributed by atoms with E-state index in [0.29, 0.717) is 37.3 Å². The fourth-order valence-electron chi connectivity index (χ4n) is 5.28. The highest BCUT2D eigenvalue weighted by Gasteiger charge is 2.31. The van der Waals surface area contributed by atoms with Crippen molar-refractivity contribution in [3.05, 3.63) is 34.4 Å². The van der Waals surface area contributed by atoms with E-state index in [1.807, 2.05) is 0 Å². The molecule has 1 saturated heterocycles. The molecule has 2 aromatic heterocycles. The summed E-state index contributed by atoms with van der Waals surface area (Å²) >= 11 is 0. The molecule has 1 aliphatic heterocycles. The molecule has 2 saturated carbocycles. The summed E-state index contributed by atoms with van der Waals surface area (Å²) in [5, 5.41) is 3.10. The minimum atomic E-state index is -0.358. The van der Waals surface area contributed by atoms with Crippen molar-refractivity contribution in [2.75, 3.05) is 26.2 Å². The average Bonchev–Trinajstić information content (AvgIpc) is 3.53. The molecule has 3 amide bonds. The van der Waals surface area contributed by atoms with Crippen LogP contribution in [-0.4, -0.2) is 68.5 Å². The molecule has 3 aliphatic rings. The first kappa shape index (κ1) is 20.9. The van der Waals surface area contributed by atoms with E-state index >= 15 is 0 Å². The van der Waals surface area contributed by atoms with Crippen LogP contribution in [0.3, 0.4) is 0 Å². The highest BCUT2D eigenvalue weighted by atomic mass is 16.2. The Bertz CT molecular complexity index is 1060. The van der Waals surface area contributed by atoms with Crippen LogP contribution in [0.15, 0.2) is 23.1 Å². The van der Waals surface area contributed by atoms with Gasteiger partial charge in [0.25, 0.3) is 11.5 Å². The van der Waals surface area contributed by atoms with Gasteiger partial charge in [-0.25, -0.2) is 14.8 Å². The fraction of sp³-hybridized carbons (Fsp3) is 0.609. The Balaban J connectivity index is 1.33. The summed E-state index contributed by atoms with van der Waals surface area (Å²) in [5.74, 6) is -0.358. The molecular weight excluding hydrogens is 408 g/mol. The molecule has 3 fully saturated rings. The van der Waals surface area contributed by atoms with Crippen molar-refractivity contribution in [3.63, 3.8) is 0 Å². The summed E-state index contributed by atoms with van der Waals surface area (Å²) in [4.78, 5) is 51.4. The van der Waals surface area contributed by atoms with Crippen LogP contribution in [0.1, 0.15) is 67.9 Å². The molecule has 5 rings (SSSR count). The van der Waals surface area contributed by atoms with E-state index < -0.39 is 0 Å². The van der Waals surface area contributed by atoms with Crippen LogP contribution in [0.25, 0.3) is 11.2 Å². The van der Waals surface area contributed by atoms with E-state index in [-0.39, 0.29) is 35.3 Å². The lowest BCUT2D eigenvalue weighted by atomic mass is 10.2. The Morgan fingerprint density at radius 1 is 0.938 bits per heavy atom. The molecule has 0 bridgehead atoms. The lowest BCUT2D eigenvalue weighted by Crippen LogP contribution is -2.55. The van der Waals surface area contributed by atoms with Crippen LogP contribution in [-0.2, 0) is 0 Å². The highest BCUT2D eigenvalue weighted by Crippen LogP contribution is 2.30. The fourth-order valence-corrected chi connectivity index (χ4v) is 5.28. The quantitative estimate of drug-likeness (QED) is 0.793. The molecule has 3 heterocycles. The number of piperazine rings is 1. The molecule has 0 aromatic carbocycles. The van der Waals surface area contributed by atoms with Gasteiger partial charge in [0, 0.05) is 44.5 Å². The minimum Gasteiger partial charge on any atom is -0.335 e. The van der Waals surface area contributed by atoms with E-state index in [2.05, 4.69) is 15.3 Å². The summed E-state index contributed by atoms with van der Waals surface area (Å²) in [5.41, 5.74) is 0.724. The van der Waals surface area contributed by atoms with Crippen LogP contribution in [0.5, 0.6) is 0 Å². The van der Waals surface area contributed by atoms with Crippen molar-refractivity contribution >= 4 is 23.1 Å². The number of hydrogen-bond acceptors (Lipinski definition) is 5. The standard InChI is InChI=1S/C23H30N6O3/c30-21(27-12-14-28(15-13-27)23(32)25-16-6-1-2-7-16)19-22(31)29(17-8-3-4-9-17)20-18(26-19)10-5-11-24-20/h5,10-11,16-17H,1-4,6-9,12-15H2,(H,25,32). The van der Waals surface area contributed by atoms with Gasteiger partial charge in [-0.15, -0.1) is 0 Å². The van der Waals surface area contributed by atoms with Crippen molar-refractivity contribution < 1.29 is 9.59 Å². The van der Waals surface area contributed by atoms with E-state index in [9.17, 15) is 14.4 Å². The van der Waals surface area contributed by atoms with Crippen LogP contribution in [0.2, 0.25) is 0 Å². The smallest absolute Gasteiger partial charge is 0.317 e. The summed E-state index contributed by atoms with van der Waals surface area (Å²) in [6.07, 6.45) is 10.0. The van der Waals surface area contributed by atoms with Crippen molar-refractivity contribution in [2.45, 2.75) is 63.5 Å². The van der Waals surface area contributed by atoms with Gasteiger partial charge in [0.15, 0.2) is 11.3 Å². The Labute approximate surface area is 186 Å². The predicted octanol–water partition coefficient (Wildman–Crippen LogP) is 2.32. The number of nitrogens with one attached hydrogen (secondary N) is 1. The zero-order valence-corrected chi connectivity index (χ0v) is 18.3. The van der Waals surface area contributed by atoms with Gasteiger partial charge < -0.3 is 15.1 Å². The highest BCUT2D eigenvalue weighted by molar-refractivity contribution is 5.93. The number of hydrogen-bond donors (Lipinski definition) is 1. The maximum Gasteiger partial charge on any atom is 0.317 e. The van der Waals surface area contributed by atoms with Gasteiger partial charge in [0.2, 0.25) is 0 Å². The minimum absolute atomic E-state index is 0.0405. The second-order valence-corrected chi connectivity index (χ2v) is 9.13. The van der Waals surface area contributed by atoms with Gasteiger partial charge in [-0.05, 0) is 37.8 Å². The first-order valence-corrected chi connectivity index (χ1v) is 11.8. The first-order valence-electron chi connectivity index (χ1n) is 11.8. The summed E-state index contributed by atoms with van der Waals surface area (Å²) in [6, 6.07) is 3.85. The van der Waals surface area contributed by atoms with Crippen molar-refractivity contribution in [2.24, 2.45) is 0 Å². The molecule has 0 radical (unpaired) electrons. The molecule has 0 spiro atoms. The molecule has 32 heavy (non-hydrogen) atoms. The maximum atomic E-state index is 13.4. The first-order chi connectivity index (χ1) is 15.6. The molecule has 2 aliphatic carbocycles. The van der Waals surface area contributed by atoms with Gasteiger partial charge in [-0.3, -0.25) is 14.2 Å². The molecule has 0 atom stereocenters. The van der Waals surface area contributed by atoms with Gasteiger partial charge in [-0.2, -0.15) is 0 Å². The number of rotatable bonds is 3. The molecule has 0 unspecified atom stereocenters. The lowest BCUT2D eigenvalue weighted by molar-refractivity contribution is 0.0655. The van der Waals surface area contributed by atoms with E-state index in [1.54, 1.807) is 32.7 Å². The molecule has 170 valence electrons. The Hall–Kier alpha value is -2.97. The van der Waals surface area contributed by atoms with Crippen LogP contribution < -0.4 is 10.9 Å². The third-order valence-corrected chi connectivity index (χ3v) is 7.08. The molecule has 9 nitrogen and oxygen atoms in total. The normalized spacial score (nSPS) is 20.2. The van der Waals surface area contributed by atoms with Crippen LogP contribution >= 0.6 is 0 Å². The summed E-state index contributed by atoms with van der Waals surface area (Å²) in [6.45, 7) is 1.70. The number of amides is 3. The SMILES string of the molecule is O=C(NC1CCCC1)N1CCN(C(=O)c2nc3cccnc3n(C3CCCC3)c2=O)CC1. The van der Waals surface area contributed by atoms with Crippen LogP contribution in [0, 0.1) is 0 Å². The average molecular weight is 439 g/mol. The molecule has 1 N–H and O–H groups in total. The molecular formula is C23H30N6O3. The zero-order chi connectivity index (χ0) is 22.1. The number of carbonyl (C=O) groups is 2. The largest absolute Gasteiger partial charge is 0.335 e. The van der Waals surface area contributed by atoms with E-state index in [0.717, 1.165) is 38.5 Å². The van der Waals surface area contributed by atoms with Crippen LogP contribution in [0.4, 0.5) is 4.79 Å². The van der Waals surface area contributed by atoms with Crippen molar-refractivity contribution in [1.29, 1.82) is 0 Å². The number of nitrogens with zero attached hydrogens (tertiary/aromatic N) is 5. The number of fused-ring (bicyclic) bond motifs is 1. The number of urea groups is 1. The third kappa shape index (κ3) is 3.96. The van der Waals surface area contributed by atoms with Gasteiger partial charge in [0.1, 0.15) is 5.52 Å². The Morgan fingerprint density at radius 2 is 1.59 bits per heavy atom. The van der Waals surface area contributed by atoms with Crippen molar-refractivity contribution in [1.82, 2.24) is 29.7 Å². The van der Waals surface area contributed by atoms with Crippen molar-refractivity contribution in [3.8, 4) is 0 Å². The monoisotopic (exact) mass is 438 g/mol. The topological polar surface area (TPSA) is 100 Å². The Kier molecular flexibility index (Phi) is 5.80. The maximum absolute atomic E-state index is 13.4. The van der Waals surface area contributed by atoms with Gasteiger partial charge in [-0.1, -0.05) is 25.7 Å². The second-order valence-electron chi connectivity index (χ2n) is 9.13. The molecule has 9 heteroatoms. The van der Waals surface area contributed by atoms with E-state index in [4.69, 9.17) is 0 Å². The molecule has 2 aromatic rings. The van der Waals surface area contributed by atoms with E-state index in [1.165, 1.54) is 12.8 Å². The number of pyridine rings is 1. The summed E-state index contributed by atoms with van der Waals surface area (Å²) in [7, 11) is 0.